The number of para-hydroxylation sites is 2. The Hall–Kier alpha value is -6.00. The highest BCUT2D eigenvalue weighted by molar-refractivity contribution is 6.35. The smallest absolute Gasteiger partial charge is 0.235 e. The molecule has 7 aromatic carbocycles. The Morgan fingerprint density at radius 3 is 1.98 bits per heavy atom. The van der Waals surface area contributed by atoms with Crippen LogP contribution in [0.25, 0.3) is 93.4 Å². The van der Waals surface area contributed by atoms with E-state index in [-0.39, 0.29) is 0 Å². The molecule has 0 aliphatic heterocycles. The van der Waals surface area contributed by atoms with Gasteiger partial charge in [-0.2, -0.15) is 0 Å². The normalized spacial score (nSPS) is 12.1. The van der Waals surface area contributed by atoms with E-state index in [1.165, 1.54) is 16.2 Å². The fraction of sp³-hybridized carbons (Fsp3) is 0. The number of benzene rings is 7. The van der Waals surface area contributed by atoms with E-state index >= 15 is 0 Å². The fourth-order valence-electron chi connectivity index (χ4n) is 7.13. The molecule has 0 atom stereocenters. The van der Waals surface area contributed by atoms with E-state index in [1.54, 1.807) is 0 Å². The average molecular weight is 562 g/mol. The van der Waals surface area contributed by atoms with Gasteiger partial charge in [0.1, 0.15) is 11.1 Å². The molecule has 0 aliphatic carbocycles. The number of nitrogens with zero attached hydrogens (tertiary/aromatic N) is 3. The first kappa shape index (κ1) is 23.6. The van der Waals surface area contributed by atoms with E-state index in [1.807, 2.05) is 18.2 Å². The predicted octanol–water partition coefficient (Wildman–Crippen LogP) is 10.6. The first-order valence-corrected chi connectivity index (χ1v) is 14.9. The maximum Gasteiger partial charge on any atom is 0.235 e. The molecule has 0 unspecified atom stereocenters. The second-order valence-electron chi connectivity index (χ2n) is 11.3. The summed E-state index contributed by atoms with van der Waals surface area (Å²) in [6, 6.07) is 48.7. The van der Waals surface area contributed by atoms with E-state index in [2.05, 4.69) is 126 Å². The number of fused-ring (bicyclic) bond motifs is 13. The van der Waals surface area contributed by atoms with E-state index < -0.39 is 0 Å². The molecule has 0 spiro atoms. The van der Waals surface area contributed by atoms with Crippen molar-refractivity contribution in [1.29, 1.82) is 0 Å². The minimum Gasteiger partial charge on any atom is -0.454 e. The third-order valence-corrected chi connectivity index (χ3v) is 8.97. The number of rotatable bonds is 2. The van der Waals surface area contributed by atoms with Crippen LogP contribution in [0.4, 0.5) is 0 Å². The van der Waals surface area contributed by atoms with Crippen LogP contribution >= 0.6 is 0 Å². The van der Waals surface area contributed by atoms with Crippen molar-refractivity contribution < 1.29 is 4.42 Å². The Morgan fingerprint density at radius 1 is 0.477 bits per heavy atom. The molecule has 10 rings (SSSR count). The van der Waals surface area contributed by atoms with Crippen LogP contribution in [0.2, 0.25) is 0 Å². The summed E-state index contributed by atoms with van der Waals surface area (Å²) in [5.41, 5.74) is 6.61. The molecule has 3 aromatic heterocycles. The summed E-state index contributed by atoms with van der Waals surface area (Å²) in [5.74, 6) is 0.620. The molecule has 0 fully saturated rings. The van der Waals surface area contributed by atoms with E-state index in [0.29, 0.717) is 5.95 Å². The Bertz CT molecular complexity index is 2770. The van der Waals surface area contributed by atoms with Gasteiger partial charge in [-0.3, -0.25) is 4.57 Å². The largest absolute Gasteiger partial charge is 0.454 e. The van der Waals surface area contributed by atoms with Crippen molar-refractivity contribution in [3.63, 3.8) is 0 Å². The molecule has 0 N–H and O–H groups in total. The third-order valence-electron chi connectivity index (χ3n) is 8.97. The highest BCUT2D eigenvalue weighted by Gasteiger charge is 2.24. The first-order chi connectivity index (χ1) is 21.8. The van der Waals surface area contributed by atoms with Gasteiger partial charge in [0, 0.05) is 32.5 Å². The lowest BCUT2D eigenvalue weighted by atomic mass is 9.99. The van der Waals surface area contributed by atoms with Gasteiger partial charge in [0.25, 0.3) is 0 Å². The summed E-state index contributed by atoms with van der Waals surface area (Å²) in [6.45, 7) is 0. The quantitative estimate of drug-likeness (QED) is 0.197. The zero-order valence-electron chi connectivity index (χ0n) is 23.5. The molecule has 204 valence electrons. The second-order valence-corrected chi connectivity index (χ2v) is 11.3. The topological polar surface area (TPSA) is 43.9 Å². The highest BCUT2D eigenvalue weighted by Crippen LogP contribution is 2.45. The standard InChI is InChI=1S/C40H23N3O/c1-2-13-25(14-3-1)37-36-26-15-5-4-12-24(26)22-23-31(36)41-40(42-37)43-32-20-10-8-18-29(32)34-27-16-6-7-17-28(27)35-30-19-9-11-21-33(30)44-39(35)38(34)43/h1-23H. The SMILES string of the molecule is c1ccc(-c2nc(-n3c4ccccc4c4c5ccccc5c5c6ccccc6oc5c43)nc3ccc4ccccc4c23)cc1. The Morgan fingerprint density at radius 2 is 1.14 bits per heavy atom. The lowest BCUT2D eigenvalue weighted by Crippen LogP contribution is -2.04. The van der Waals surface area contributed by atoms with Crippen LogP contribution in [0.15, 0.2) is 144 Å². The van der Waals surface area contributed by atoms with Gasteiger partial charge in [-0.1, -0.05) is 121 Å². The molecule has 44 heavy (non-hydrogen) atoms. The van der Waals surface area contributed by atoms with Crippen molar-refractivity contribution in [2.75, 3.05) is 0 Å². The molecule has 0 saturated heterocycles. The van der Waals surface area contributed by atoms with Gasteiger partial charge in [-0.15, -0.1) is 0 Å². The Balaban J connectivity index is 1.45. The molecule has 0 saturated carbocycles. The van der Waals surface area contributed by atoms with E-state index in [9.17, 15) is 0 Å². The van der Waals surface area contributed by atoms with Crippen LogP contribution in [-0.4, -0.2) is 14.5 Å². The minimum absolute atomic E-state index is 0.620. The van der Waals surface area contributed by atoms with Gasteiger partial charge in [0.05, 0.1) is 16.7 Å². The minimum atomic E-state index is 0.620. The lowest BCUT2D eigenvalue weighted by Gasteiger charge is -2.14. The van der Waals surface area contributed by atoms with Gasteiger partial charge in [-0.25, -0.2) is 9.97 Å². The molecule has 4 nitrogen and oxygen atoms in total. The summed E-state index contributed by atoms with van der Waals surface area (Å²) in [4.78, 5) is 10.7. The Labute approximate surface area is 251 Å². The number of aromatic nitrogens is 3. The maximum atomic E-state index is 6.75. The van der Waals surface area contributed by atoms with Crippen LogP contribution in [-0.2, 0) is 0 Å². The summed E-state index contributed by atoms with van der Waals surface area (Å²) >= 11 is 0. The number of hydrogen-bond acceptors (Lipinski definition) is 3. The molecule has 0 radical (unpaired) electrons. The molecule has 3 heterocycles. The third kappa shape index (κ3) is 3.11. The fourth-order valence-corrected chi connectivity index (χ4v) is 7.13. The monoisotopic (exact) mass is 561 g/mol. The van der Waals surface area contributed by atoms with Crippen molar-refractivity contribution in [1.82, 2.24) is 14.5 Å². The van der Waals surface area contributed by atoms with Crippen LogP contribution in [0.5, 0.6) is 0 Å². The molecule has 4 heteroatoms. The molecular formula is C40H23N3O. The van der Waals surface area contributed by atoms with E-state index in [4.69, 9.17) is 14.4 Å². The van der Waals surface area contributed by atoms with Crippen molar-refractivity contribution in [2.45, 2.75) is 0 Å². The molecule has 10 aromatic rings. The average Bonchev–Trinajstić information content (AvgIpc) is 3.65. The van der Waals surface area contributed by atoms with Crippen LogP contribution in [0.3, 0.4) is 0 Å². The zero-order chi connectivity index (χ0) is 28.8. The summed E-state index contributed by atoms with van der Waals surface area (Å²) < 4.78 is 8.96. The maximum absolute atomic E-state index is 6.75. The van der Waals surface area contributed by atoms with Crippen molar-refractivity contribution in [2.24, 2.45) is 0 Å². The van der Waals surface area contributed by atoms with Gasteiger partial charge in [-0.05, 0) is 39.7 Å². The van der Waals surface area contributed by atoms with Gasteiger partial charge in [0.15, 0.2) is 5.58 Å². The first-order valence-electron chi connectivity index (χ1n) is 14.9. The summed E-state index contributed by atoms with van der Waals surface area (Å²) in [7, 11) is 0. The molecule has 0 bridgehead atoms. The van der Waals surface area contributed by atoms with Gasteiger partial charge >= 0.3 is 0 Å². The number of furan rings is 1. The van der Waals surface area contributed by atoms with E-state index in [0.717, 1.165) is 71.3 Å². The lowest BCUT2D eigenvalue weighted by molar-refractivity contribution is 0.671. The van der Waals surface area contributed by atoms with Crippen molar-refractivity contribution in [3.05, 3.63) is 140 Å². The highest BCUT2D eigenvalue weighted by atomic mass is 16.3. The number of hydrogen-bond donors (Lipinski definition) is 0. The molecule has 0 aliphatic rings. The van der Waals surface area contributed by atoms with Crippen LogP contribution in [0.1, 0.15) is 0 Å². The van der Waals surface area contributed by atoms with Crippen LogP contribution < -0.4 is 0 Å². The second kappa shape index (κ2) is 8.76. The van der Waals surface area contributed by atoms with Crippen LogP contribution in [0, 0.1) is 0 Å². The Kier molecular flexibility index (Phi) is 4.69. The molecule has 0 amide bonds. The molecular weight excluding hydrogens is 538 g/mol. The zero-order valence-corrected chi connectivity index (χ0v) is 23.5. The summed E-state index contributed by atoms with van der Waals surface area (Å²) in [5, 5.41) is 10.2. The van der Waals surface area contributed by atoms with Gasteiger partial charge < -0.3 is 4.42 Å². The van der Waals surface area contributed by atoms with Crippen molar-refractivity contribution >= 4 is 76.2 Å². The summed E-state index contributed by atoms with van der Waals surface area (Å²) in [6.07, 6.45) is 0. The van der Waals surface area contributed by atoms with Gasteiger partial charge in [0.2, 0.25) is 5.95 Å². The van der Waals surface area contributed by atoms with Crippen molar-refractivity contribution in [3.8, 4) is 17.2 Å². The predicted molar refractivity (Wildman–Crippen MR) is 182 cm³/mol.